The SMILES string of the molecule is CC1(C)c2ccccc2-c2c1cc1c3ccccc3n3c4cc5c(cc4c2c13)c1ccccc1n5-c1ccccc1.CC1(C)c2ccccc2-c2cc3c4ccccc4n4c5cc6c(cc5c(c21)c34)c1ccccc1n6-c1ccccc1.c1ccc(-n2c3ccccc3c3cc4c5cc6c7ccccc7oc6c6c7ccccc7n(c4cc32)c56)cc1. The third kappa shape index (κ3) is 8.32. The van der Waals surface area contributed by atoms with E-state index in [0.29, 0.717) is 0 Å². The molecule has 0 bridgehead atoms. The summed E-state index contributed by atoms with van der Waals surface area (Å²) in [6.07, 6.45) is 0. The van der Waals surface area contributed by atoms with E-state index in [1.54, 1.807) is 0 Å². The number of furan rings is 1. The number of benzene rings is 18. The van der Waals surface area contributed by atoms with Gasteiger partial charge >= 0.3 is 0 Å². The first kappa shape index (κ1) is 65.7. The normalized spacial score (nSPS) is 13.8. The van der Waals surface area contributed by atoms with Crippen LogP contribution in [0.15, 0.2) is 368 Å². The van der Waals surface area contributed by atoms with Crippen LogP contribution < -0.4 is 0 Å². The van der Waals surface area contributed by atoms with Crippen molar-refractivity contribution < 1.29 is 4.42 Å². The first-order valence-electron chi connectivity index (χ1n) is 42.3. The van der Waals surface area contributed by atoms with E-state index in [-0.39, 0.29) is 10.8 Å². The molecule has 0 N–H and O–H groups in total. The van der Waals surface area contributed by atoms with Gasteiger partial charge in [0.25, 0.3) is 0 Å². The Morgan fingerprint density at radius 3 is 1.07 bits per heavy atom. The van der Waals surface area contributed by atoms with Gasteiger partial charge in [0, 0.05) is 130 Å². The van der Waals surface area contributed by atoms with Crippen LogP contribution in [-0.2, 0) is 10.8 Å². The predicted octanol–water partition coefficient (Wildman–Crippen LogP) is 30.3. The third-order valence-electron chi connectivity index (χ3n) is 28.2. The number of para-hydroxylation sites is 10. The minimum atomic E-state index is -0.0919. The Morgan fingerprint density at radius 2 is 0.554 bits per heavy atom. The van der Waals surface area contributed by atoms with Crippen LogP contribution in [0.1, 0.15) is 49.9 Å². The predicted molar refractivity (Wildman–Crippen MR) is 509 cm³/mol. The van der Waals surface area contributed by atoms with E-state index >= 15 is 0 Å². The van der Waals surface area contributed by atoms with E-state index < -0.39 is 0 Å². The highest BCUT2D eigenvalue weighted by atomic mass is 16.3. The Hall–Kier alpha value is -15.4. The van der Waals surface area contributed by atoms with Crippen LogP contribution in [0.25, 0.3) is 241 Å². The molecule has 28 aromatic rings. The van der Waals surface area contributed by atoms with Crippen LogP contribution >= 0.6 is 0 Å². The molecule has 0 atom stereocenters. The van der Waals surface area contributed by atoms with Crippen LogP contribution in [0.4, 0.5) is 0 Å². The Morgan fingerprint density at radius 1 is 0.207 bits per heavy atom. The van der Waals surface area contributed by atoms with E-state index in [1.807, 2.05) is 6.07 Å². The van der Waals surface area contributed by atoms with Crippen molar-refractivity contribution in [3.8, 4) is 39.3 Å². The quantitative estimate of drug-likeness (QED) is 0.174. The van der Waals surface area contributed by atoms with E-state index in [9.17, 15) is 0 Å². The van der Waals surface area contributed by atoms with Crippen LogP contribution in [0.2, 0.25) is 0 Å². The molecule has 0 saturated carbocycles. The van der Waals surface area contributed by atoms with Crippen molar-refractivity contribution >= 4 is 202 Å². The van der Waals surface area contributed by atoms with Crippen molar-refractivity contribution in [2.75, 3.05) is 0 Å². The molecule has 2 aliphatic carbocycles. The van der Waals surface area contributed by atoms with E-state index in [4.69, 9.17) is 4.42 Å². The molecule has 7 heteroatoms. The molecule has 10 aromatic heterocycles. The molecular formula is C114H72N6O. The molecule has 0 spiro atoms. The summed E-state index contributed by atoms with van der Waals surface area (Å²) in [5.41, 5.74) is 35.5. The van der Waals surface area contributed by atoms with Gasteiger partial charge in [0.15, 0.2) is 0 Å². The summed E-state index contributed by atoms with van der Waals surface area (Å²) in [6.45, 7) is 9.60. The molecule has 7 nitrogen and oxygen atoms in total. The lowest BCUT2D eigenvalue weighted by molar-refractivity contribution is 0.661. The number of nitrogens with zero attached hydrogens (tertiary/aromatic N) is 6. The lowest BCUT2D eigenvalue weighted by Crippen LogP contribution is -2.15. The Bertz CT molecular complexity index is 9390. The van der Waals surface area contributed by atoms with Crippen molar-refractivity contribution in [1.29, 1.82) is 0 Å². The first-order chi connectivity index (χ1) is 59.6. The smallest absolute Gasteiger partial charge is 0.145 e. The van der Waals surface area contributed by atoms with Crippen molar-refractivity contribution in [3.63, 3.8) is 0 Å². The largest absolute Gasteiger partial charge is 0.455 e. The van der Waals surface area contributed by atoms with Gasteiger partial charge in [0.2, 0.25) is 0 Å². The molecule has 10 heterocycles. The van der Waals surface area contributed by atoms with Gasteiger partial charge in [-0.1, -0.05) is 258 Å². The van der Waals surface area contributed by atoms with Crippen molar-refractivity contribution in [2.24, 2.45) is 0 Å². The molecular weight excluding hydrogens is 1470 g/mol. The van der Waals surface area contributed by atoms with Gasteiger partial charge in [0.05, 0.1) is 88.1 Å². The number of rotatable bonds is 3. The molecule has 0 radical (unpaired) electrons. The second-order valence-corrected chi connectivity index (χ2v) is 34.9. The highest BCUT2D eigenvalue weighted by Gasteiger charge is 2.41. The third-order valence-corrected chi connectivity index (χ3v) is 28.2. The molecule has 30 rings (SSSR count). The fourth-order valence-electron chi connectivity index (χ4n) is 23.2. The molecule has 2 aliphatic rings. The number of fused-ring (bicyclic) bond motifs is 39. The zero-order valence-electron chi connectivity index (χ0n) is 66.7. The zero-order chi connectivity index (χ0) is 79.3. The molecule has 121 heavy (non-hydrogen) atoms. The minimum absolute atomic E-state index is 0.0595. The fourth-order valence-corrected chi connectivity index (χ4v) is 23.2. The summed E-state index contributed by atoms with van der Waals surface area (Å²) in [7, 11) is 0. The fraction of sp³-hybridized carbons (Fsp3) is 0.0526. The average molecular weight is 1540 g/mol. The molecule has 0 fully saturated rings. The molecule has 0 amide bonds. The molecule has 564 valence electrons. The first-order valence-corrected chi connectivity index (χ1v) is 42.3. The summed E-state index contributed by atoms with van der Waals surface area (Å²) in [6, 6.07) is 134. The summed E-state index contributed by atoms with van der Waals surface area (Å²) < 4.78 is 21.3. The van der Waals surface area contributed by atoms with Crippen LogP contribution in [0.3, 0.4) is 0 Å². The van der Waals surface area contributed by atoms with Crippen LogP contribution in [0, 0.1) is 0 Å². The summed E-state index contributed by atoms with van der Waals surface area (Å²) in [5.74, 6) is 0. The topological polar surface area (TPSA) is 41.2 Å². The van der Waals surface area contributed by atoms with Gasteiger partial charge in [0.1, 0.15) is 11.2 Å². The average Bonchev–Trinajstić information content (AvgIpc) is 1.54. The monoisotopic (exact) mass is 1540 g/mol. The second-order valence-electron chi connectivity index (χ2n) is 34.9. The number of hydrogen-bond donors (Lipinski definition) is 0. The minimum Gasteiger partial charge on any atom is -0.455 e. The summed E-state index contributed by atoms with van der Waals surface area (Å²) in [4.78, 5) is 0. The van der Waals surface area contributed by atoms with Crippen molar-refractivity contribution in [2.45, 2.75) is 38.5 Å². The van der Waals surface area contributed by atoms with Crippen LogP contribution in [0.5, 0.6) is 0 Å². The molecule has 0 unspecified atom stereocenters. The van der Waals surface area contributed by atoms with Gasteiger partial charge in [-0.15, -0.1) is 0 Å². The Labute approximate surface area is 692 Å². The highest BCUT2D eigenvalue weighted by Crippen LogP contribution is 2.59. The zero-order valence-corrected chi connectivity index (χ0v) is 66.7. The highest BCUT2D eigenvalue weighted by molar-refractivity contribution is 6.36. The second kappa shape index (κ2) is 23.3. The maximum absolute atomic E-state index is 6.55. The van der Waals surface area contributed by atoms with Crippen LogP contribution in [-0.4, -0.2) is 26.9 Å². The Kier molecular flexibility index (Phi) is 12.6. The molecule has 0 aliphatic heterocycles. The van der Waals surface area contributed by atoms with E-state index in [2.05, 4.69) is 413 Å². The van der Waals surface area contributed by atoms with E-state index in [0.717, 1.165) is 16.6 Å². The van der Waals surface area contributed by atoms with Gasteiger partial charge in [-0.2, -0.15) is 0 Å². The van der Waals surface area contributed by atoms with Gasteiger partial charge < -0.3 is 31.3 Å². The van der Waals surface area contributed by atoms with E-state index in [1.165, 1.54) is 247 Å². The maximum Gasteiger partial charge on any atom is 0.145 e. The molecule has 18 aromatic carbocycles. The lowest BCUT2D eigenvalue weighted by Gasteiger charge is -2.22. The lowest BCUT2D eigenvalue weighted by atomic mass is 9.80. The standard InChI is InChI=1S/2C39H26N2.C36H20N2O/c1-39(2)30-17-9-6-16-26(30)36-31(39)21-28-25-15-8-11-19-33(25)41-35-22-34-27(20-29(35)37(36)38(28)41)24-14-7-10-18-32(24)40(34)23-12-4-3-5-13-23;1-39(2)31-17-9-6-14-24(31)28-21-29-26-16-8-11-19-33(26)41-35-22-34-27(20-30(35)36(37(28)39)38(29)41)25-15-7-10-18-32(25)40(34)23-12-4-3-5-13-23;1-2-10-21(11-3-1)37-29-15-7-4-12-22(29)25-18-26-27-19-28-23-13-6-9-17-33(23)39-36(28)34-24-14-5-8-16-30(24)38(35(27)34)32(26)20-31(25)37/h2*3-22H,1-2H3;1-20H. The van der Waals surface area contributed by atoms with Crippen molar-refractivity contribution in [1.82, 2.24) is 26.9 Å². The Balaban J connectivity index is 0.0000000937. The number of hydrogen-bond acceptors (Lipinski definition) is 1. The summed E-state index contributed by atoms with van der Waals surface area (Å²) in [5, 5.41) is 25.9. The van der Waals surface area contributed by atoms with Gasteiger partial charge in [-0.3, -0.25) is 0 Å². The molecule has 0 saturated heterocycles. The van der Waals surface area contributed by atoms with Gasteiger partial charge in [-0.05, 0) is 178 Å². The number of aromatic nitrogens is 6. The maximum atomic E-state index is 6.55. The van der Waals surface area contributed by atoms with Gasteiger partial charge in [-0.25, -0.2) is 0 Å². The van der Waals surface area contributed by atoms with Crippen molar-refractivity contribution in [3.05, 3.63) is 386 Å². The summed E-state index contributed by atoms with van der Waals surface area (Å²) >= 11 is 0.